The molecule has 1 N–H and O–H groups in total. The van der Waals surface area contributed by atoms with E-state index >= 15 is 0 Å². The summed E-state index contributed by atoms with van der Waals surface area (Å²) in [6.07, 6.45) is 0. The summed E-state index contributed by atoms with van der Waals surface area (Å²) in [7, 11) is 1.34. The summed E-state index contributed by atoms with van der Waals surface area (Å²) in [5.74, 6) is -0.394. The van der Waals surface area contributed by atoms with Gasteiger partial charge in [-0.05, 0) is 45.4 Å². The molecule has 0 saturated heterocycles. The first-order valence-electron chi connectivity index (χ1n) is 5.49. The summed E-state index contributed by atoms with van der Waals surface area (Å²) < 4.78 is 22.7. The van der Waals surface area contributed by atoms with E-state index in [1.807, 2.05) is 20.8 Å². The summed E-state index contributed by atoms with van der Waals surface area (Å²) in [6, 6.07) is 2.46. The molecule has 0 saturated carbocycles. The molecular weight excluding hydrogens is 309 g/mol. The summed E-state index contributed by atoms with van der Waals surface area (Å²) in [5.41, 5.74) is 0.264. The number of amides is 1. The molecule has 0 aliphatic heterocycles. The highest BCUT2D eigenvalue weighted by Crippen LogP contribution is 2.26. The minimum absolute atomic E-state index is 0.181. The van der Waals surface area contributed by atoms with Crippen molar-refractivity contribution >= 4 is 37.2 Å². The van der Waals surface area contributed by atoms with E-state index in [0.717, 1.165) is 0 Å². The Labute approximate surface area is 122 Å². The lowest BCUT2D eigenvalue weighted by molar-refractivity contribution is 0.0918. The second-order valence-electron chi connectivity index (χ2n) is 5.22. The fourth-order valence-corrected chi connectivity index (χ4v) is 2.51. The van der Waals surface area contributed by atoms with Crippen molar-refractivity contribution in [1.29, 1.82) is 0 Å². The topological polar surface area (TPSA) is 63.2 Å². The van der Waals surface area contributed by atoms with Crippen molar-refractivity contribution in [2.75, 3.05) is 0 Å². The number of halogens is 2. The smallest absolute Gasteiger partial charge is 0.261 e. The number of rotatable bonds is 2. The standard InChI is InChI=1S/C12H15Cl2NO3S/c1-7-9(11(16)15-12(2,3)4)5-8(6-10(7)13)19(14,17)18/h5-6H,1-4H3,(H,15,16). The van der Waals surface area contributed by atoms with E-state index in [4.69, 9.17) is 22.3 Å². The summed E-state index contributed by atoms with van der Waals surface area (Å²) in [5, 5.41) is 2.93. The van der Waals surface area contributed by atoms with Gasteiger partial charge >= 0.3 is 0 Å². The maximum Gasteiger partial charge on any atom is 0.261 e. The van der Waals surface area contributed by atoms with Gasteiger partial charge in [-0.3, -0.25) is 4.79 Å². The van der Waals surface area contributed by atoms with E-state index in [1.54, 1.807) is 6.92 Å². The molecule has 0 fully saturated rings. The quantitative estimate of drug-likeness (QED) is 0.850. The van der Waals surface area contributed by atoms with Crippen LogP contribution in [0.4, 0.5) is 0 Å². The zero-order valence-corrected chi connectivity index (χ0v) is 13.4. The molecule has 0 spiro atoms. The highest BCUT2D eigenvalue weighted by Gasteiger charge is 2.21. The lowest BCUT2D eigenvalue weighted by Crippen LogP contribution is -2.40. The van der Waals surface area contributed by atoms with Crippen molar-refractivity contribution in [2.24, 2.45) is 0 Å². The minimum atomic E-state index is -3.93. The zero-order chi connectivity index (χ0) is 15.0. The molecule has 0 heterocycles. The molecule has 0 atom stereocenters. The summed E-state index contributed by atoms with van der Waals surface area (Å²) >= 11 is 5.94. The van der Waals surface area contributed by atoms with Crippen LogP contribution in [0.1, 0.15) is 36.7 Å². The number of hydrogen-bond acceptors (Lipinski definition) is 3. The van der Waals surface area contributed by atoms with Crippen LogP contribution < -0.4 is 5.32 Å². The van der Waals surface area contributed by atoms with E-state index in [0.29, 0.717) is 5.56 Å². The minimum Gasteiger partial charge on any atom is -0.347 e. The molecule has 106 valence electrons. The van der Waals surface area contributed by atoms with E-state index in [1.165, 1.54) is 12.1 Å². The third-order valence-electron chi connectivity index (χ3n) is 2.33. The van der Waals surface area contributed by atoms with E-state index in [9.17, 15) is 13.2 Å². The monoisotopic (exact) mass is 323 g/mol. The maximum atomic E-state index is 12.1. The van der Waals surface area contributed by atoms with Crippen molar-refractivity contribution in [3.05, 3.63) is 28.3 Å². The molecule has 0 aliphatic rings. The molecular formula is C12H15Cl2NO3S. The Morgan fingerprint density at radius 1 is 1.26 bits per heavy atom. The second-order valence-corrected chi connectivity index (χ2v) is 8.19. The van der Waals surface area contributed by atoms with Gasteiger partial charge in [-0.2, -0.15) is 0 Å². The van der Waals surface area contributed by atoms with Gasteiger partial charge in [-0.25, -0.2) is 8.42 Å². The van der Waals surface area contributed by atoms with Gasteiger partial charge in [-0.1, -0.05) is 11.6 Å². The molecule has 0 aliphatic carbocycles. The normalized spacial score (nSPS) is 12.3. The Morgan fingerprint density at radius 3 is 2.21 bits per heavy atom. The molecule has 0 bridgehead atoms. The van der Waals surface area contributed by atoms with E-state index in [2.05, 4.69) is 5.32 Å². The van der Waals surface area contributed by atoms with Gasteiger partial charge < -0.3 is 5.32 Å². The van der Waals surface area contributed by atoms with E-state index < -0.39 is 20.5 Å². The third-order valence-corrected chi connectivity index (χ3v) is 4.06. The fourth-order valence-electron chi connectivity index (χ4n) is 1.44. The maximum absolute atomic E-state index is 12.1. The largest absolute Gasteiger partial charge is 0.347 e. The van der Waals surface area contributed by atoms with Gasteiger partial charge in [0.25, 0.3) is 15.0 Å². The van der Waals surface area contributed by atoms with Gasteiger partial charge in [0, 0.05) is 26.8 Å². The first kappa shape index (κ1) is 16.3. The SMILES string of the molecule is Cc1c(Cl)cc(S(=O)(=O)Cl)cc1C(=O)NC(C)(C)C. The van der Waals surface area contributed by atoms with Gasteiger partial charge in [0.15, 0.2) is 0 Å². The molecule has 4 nitrogen and oxygen atoms in total. The molecule has 1 amide bonds. The Bertz CT molecular complexity index is 619. The first-order valence-corrected chi connectivity index (χ1v) is 8.18. The van der Waals surface area contributed by atoms with Crippen LogP contribution in [0.5, 0.6) is 0 Å². The van der Waals surface area contributed by atoms with Crippen LogP contribution in [0, 0.1) is 6.92 Å². The molecule has 1 aromatic rings. The van der Waals surface area contributed by atoms with Gasteiger partial charge in [0.05, 0.1) is 4.90 Å². The van der Waals surface area contributed by atoms with Gasteiger partial charge in [0.2, 0.25) is 0 Å². The summed E-state index contributed by atoms with van der Waals surface area (Å²) in [4.78, 5) is 11.9. The van der Waals surface area contributed by atoms with Crippen LogP contribution in [0.2, 0.25) is 5.02 Å². The molecule has 0 radical (unpaired) electrons. The fraction of sp³-hybridized carbons (Fsp3) is 0.417. The zero-order valence-electron chi connectivity index (χ0n) is 11.0. The lowest BCUT2D eigenvalue weighted by atomic mass is 10.0. The molecule has 0 unspecified atom stereocenters. The van der Waals surface area contributed by atoms with Crippen LogP contribution in [-0.4, -0.2) is 19.9 Å². The van der Waals surface area contributed by atoms with Crippen molar-refractivity contribution < 1.29 is 13.2 Å². The molecule has 0 aromatic heterocycles. The third kappa shape index (κ3) is 4.37. The number of nitrogens with one attached hydrogen (secondary N) is 1. The van der Waals surface area contributed by atoms with Crippen molar-refractivity contribution in [2.45, 2.75) is 38.1 Å². The first-order chi connectivity index (χ1) is 8.42. The highest BCUT2D eigenvalue weighted by atomic mass is 35.7. The number of benzene rings is 1. The summed E-state index contributed by atoms with van der Waals surface area (Å²) in [6.45, 7) is 7.11. The Kier molecular flexibility index (Phi) is 4.55. The Hall–Kier alpha value is -0.780. The predicted molar refractivity (Wildman–Crippen MR) is 76.4 cm³/mol. The molecule has 19 heavy (non-hydrogen) atoms. The van der Waals surface area contributed by atoms with Crippen LogP contribution in [0.25, 0.3) is 0 Å². The second kappa shape index (κ2) is 5.31. The van der Waals surface area contributed by atoms with Crippen LogP contribution in [-0.2, 0) is 9.05 Å². The average molecular weight is 324 g/mol. The number of carbonyl (C=O) groups is 1. The highest BCUT2D eigenvalue weighted by molar-refractivity contribution is 8.13. The van der Waals surface area contributed by atoms with Gasteiger partial charge in [-0.15, -0.1) is 0 Å². The van der Waals surface area contributed by atoms with Crippen molar-refractivity contribution in [1.82, 2.24) is 5.32 Å². The van der Waals surface area contributed by atoms with Crippen molar-refractivity contribution in [3.8, 4) is 0 Å². The van der Waals surface area contributed by atoms with Crippen LogP contribution >= 0.6 is 22.3 Å². The number of hydrogen-bond donors (Lipinski definition) is 1. The lowest BCUT2D eigenvalue weighted by Gasteiger charge is -2.21. The predicted octanol–water partition coefficient (Wildman–Crippen LogP) is 3.10. The van der Waals surface area contributed by atoms with E-state index in [-0.39, 0.29) is 15.5 Å². The van der Waals surface area contributed by atoms with Crippen molar-refractivity contribution in [3.63, 3.8) is 0 Å². The van der Waals surface area contributed by atoms with Crippen LogP contribution in [0.3, 0.4) is 0 Å². The molecule has 7 heteroatoms. The van der Waals surface area contributed by atoms with Gasteiger partial charge in [0.1, 0.15) is 0 Å². The number of carbonyl (C=O) groups excluding carboxylic acids is 1. The van der Waals surface area contributed by atoms with Crippen LogP contribution in [0.15, 0.2) is 17.0 Å². The molecule has 1 rings (SSSR count). The Morgan fingerprint density at radius 2 is 1.79 bits per heavy atom. The molecule has 1 aromatic carbocycles. The Balaban J connectivity index is 3.36. The average Bonchev–Trinajstić information content (AvgIpc) is 2.17.